The molecule has 144 valence electrons. The molecule has 0 radical (unpaired) electrons. The zero-order chi connectivity index (χ0) is 19.3. The topological polar surface area (TPSA) is 65.8 Å². The van der Waals surface area contributed by atoms with Crippen LogP contribution in [-0.2, 0) is 5.60 Å². The Bertz CT molecular complexity index is 766. The summed E-state index contributed by atoms with van der Waals surface area (Å²) in [6.45, 7) is 5.16. The lowest BCUT2D eigenvalue weighted by Crippen LogP contribution is -2.43. The van der Waals surface area contributed by atoms with Crippen molar-refractivity contribution in [3.8, 4) is 11.5 Å². The molecule has 2 aromatic rings. The van der Waals surface area contributed by atoms with Gasteiger partial charge in [-0.3, -0.25) is 4.90 Å². The summed E-state index contributed by atoms with van der Waals surface area (Å²) in [4.78, 5) is 2.33. The standard InChI is InChI=1S/C22H28N2O3/c1-17-3-6-19(7-4-17)22(25)9-11-24(12-10-22)13-14-27-20-8-5-18(16-23)21(15-20)26-2/h3-8,15-16,23,25H,9-14H2,1-2H3. The molecular weight excluding hydrogens is 340 g/mol. The van der Waals surface area contributed by atoms with Crippen LogP contribution in [0.15, 0.2) is 42.5 Å². The van der Waals surface area contributed by atoms with E-state index < -0.39 is 5.60 Å². The summed E-state index contributed by atoms with van der Waals surface area (Å²) in [5.41, 5.74) is 2.24. The van der Waals surface area contributed by atoms with Gasteiger partial charge in [-0.2, -0.15) is 0 Å². The molecule has 0 unspecified atom stereocenters. The minimum atomic E-state index is -0.721. The summed E-state index contributed by atoms with van der Waals surface area (Å²) < 4.78 is 11.1. The highest BCUT2D eigenvalue weighted by atomic mass is 16.5. The van der Waals surface area contributed by atoms with Crippen molar-refractivity contribution in [3.05, 3.63) is 59.2 Å². The lowest BCUT2D eigenvalue weighted by molar-refractivity contribution is -0.0278. The Balaban J connectivity index is 1.48. The summed E-state index contributed by atoms with van der Waals surface area (Å²) in [6.07, 6.45) is 2.74. The molecule has 1 aliphatic heterocycles. The number of ether oxygens (including phenoxy) is 2. The van der Waals surface area contributed by atoms with Crippen LogP contribution in [0.4, 0.5) is 0 Å². The van der Waals surface area contributed by atoms with Gasteiger partial charge in [0.25, 0.3) is 0 Å². The Morgan fingerprint density at radius 2 is 1.85 bits per heavy atom. The molecule has 0 bridgehead atoms. The molecule has 2 N–H and O–H groups in total. The van der Waals surface area contributed by atoms with Crippen LogP contribution in [-0.4, -0.2) is 49.6 Å². The van der Waals surface area contributed by atoms with Gasteiger partial charge in [-0.1, -0.05) is 29.8 Å². The number of nitrogens with one attached hydrogen (secondary N) is 1. The molecule has 27 heavy (non-hydrogen) atoms. The van der Waals surface area contributed by atoms with Crippen molar-refractivity contribution in [2.75, 3.05) is 33.4 Å². The van der Waals surface area contributed by atoms with E-state index in [9.17, 15) is 5.11 Å². The van der Waals surface area contributed by atoms with Gasteiger partial charge < -0.3 is 20.0 Å². The molecule has 1 fully saturated rings. The molecule has 1 aliphatic rings. The zero-order valence-electron chi connectivity index (χ0n) is 16.1. The van der Waals surface area contributed by atoms with Crippen molar-refractivity contribution >= 4 is 6.21 Å². The van der Waals surface area contributed by atoms with Gasteiger partial charge in [0.05, 0.1) is 12.7 Å². The zero-order valence-corrected chi connectivity index (χ0v) is 16.1. The highest BCUT2D eigenvalue weighted by Crippen LogP contribution is 2.32. The van der Waals surface area contributed by atoms with Crippen molar-refractivity contribution in [1.82, 2.24) is 4.90 Å². The van der Waals surface area contributed by atoms with Gasteiger partial charge in [-0.25, -0.2) is 0 Å². The Kier molecular flexibility index (Phi) is 6.14. The number of piperidine rings is 1. The van der Waals surface area contributed by atoms with Crippen LogP contribution in [0.2, 0.25) is 0 Å². The fourth-order valence-corrected chi connectivity index (χ4v) is 3.49. The van der Waals surface area contributed by atoms with Gasteiger partial charge in [0.15, 0.2) is 0 Å². The van der Waals surface area contributed by atoms with E-state index in [1.54, 1.807) is 7.11 Å². The average Bonchev–Trinajstić information content (AvgIpc) is 2.70. The second-order valence-corrected chi connectivity index (χ2v) is 7.14. The molecule has 5 nitrogen and oxygen atoms in total. The van der Waals surface area contributed by atoms with Crippen LogP contribution in [0.3, 0.4) is 0 Å². The van der Waals surface area contributed by atoms with Crippen LogP contribution in [0.5, 0.6) is 11.5 Å². The number of aryl methyl sites for hydroxylation is 1. The average molecular weight is 368 g/mol. The van der Waals surface area contributed by atoms with Crippen molar-refractivity contribution in [2.45, 2.75) is 25.4 Å². The summed E-state index contributed by atoms with van der Waals surface area (Å²) in [5, 5.41) is 18.3. The van der Waals surface area contributed by atoms with E-state index in [0.29, 0.717) is 12.4 Å². The SMILES string of the molecule is COc1cc(OCCN2CCC(O)(c3ccc(C)cc3)CC2)ccc1C=N. The lowest BCUT2D eigenvalue weighted by atomic mass is 9.84. The van der Waals surface area contributed by atoms with E-state index in [4.69, 9.17) is 14.9 Å². The molecule has 1 heterocycles. The number of likely N-dealkylation sites (tertiary alicyclic amines) is 1. The van der Waals surface area contributed by atoms with E-state index in [-0.39, 0.29) is 0 Å². The molecule has 0 atom stereocenters. The maximum atomic E-state index is 11.0. The molecule has 0 aliphatic carbocycles. The minimum absolute atomic E-state index is 0.579. The van der Waals surface area contributed by atoms with Gasteiger partial charge in [0.2, 0.25) is 0 Å². The minimum Gasteiger partial charge on any atom is -0.496 e. The number of hydrogen-bond acceptors (Lipinski definition) is 5. The first-order valence-corrected chi connectivity index (χ1v) is 9.37. The van der Waals surface area contributed by atoms with Crippen molar-refractivity contribution in [1.29, 1.82) is 5.41 Å². The number of rotatable bonds is 7. The first-order valence-electron chi connectivity index (χ1n) is 9.37. The monoisotopic (exact) mass is 368 g/mol. The van der Waals surface area contributed by atoms with E-state index in [0.717, 1.165) is 49.4 Å². The molecule has 5 heteroatoms. The predicted molar refractivity (Wildman–Crippen MR) is 107 cm³/mol. The summed E-state index contributed by atoms with van der Waals surface area (Å²) >= 11 is 0. The van der Waals surface area contributed by atoms with Crippen molar-refractivity contribution in [2.24, 2.45) is 0 Å². The molecule has 1 saturated heterocycles. The molecule has 0 aromatic heterocycles. The first kappa shape index (κ1) is 19.4. The van der Waals surface area contributed by atoms with Gasteiger partial charge in [0.1, 0.15) is 18.1 Å². The normalized spacial score (nSPS) is 16.7. The summed E-state index contributed by atoms with van der Waals surface area (Å²) in [6, 6.07) is 13.7. The highest BCUT2D eigenvalue weighted by Gasteiger charge is 2.33. The van der Waals surface area contributed by atoms with Crippen LogP contribution < -0.4 is 9.47 Å². The smallest absolute Gasteiger partial charge is 0.131 e. The Hall–Kier alpha value is -2.37. The molecule has 0 amide bonds. The number of aliphatic hydroxyl groups is 1. The predicted octanol–water partition coefficient (Wildman–Crippen LogP) is 3.36. The van der Waals surface area contributed by atoms with E-state index in [1.807, 2.05) is 30.3 Å². The quantitative estimate of drug-likeness (QED) is 0.736. The first-order chi connectivity index (χ1) is 13.0. The largest absolute Gasteiger partial charge is 0.496 e. The third-order valence-corrected chi connectivity index (χ3v) is 5.31. The Morgan fingerprint density at radius 3 is 2.48 bits per heavy atom. The number of hydrogen-bond donors (Lipinski definition) is 2. The van der Waals surface area contributed by atoms with Crippen molar-refractivity contribution in [3.63, 3.8) is 0 Å². The molecule has 3 rings (SSSR count). The fraction of sp³-hybridized carbons (Fsp3) is 0.409. The molecule has 2 aromatic carbocycles. The van der Waals surface area contributed by atoms with Crippen LogP contribution >= 0.6 is 0 Å². The van der Waals surface area contributed by atoms with Gasteiger partial charge in [-0.15, -0.1) is 0 Å². The third kappa shape index (κ3) is 4.67. The summed E-state index contributed by atoms with van der Waals surface area (Å²) in [5.74, 6) is 1.38. The molecular formula is C22H28N2O3. The van der Waals surface area contributed by atoms with Crippen LogP contribution in [0, 0.1) is 12.3 Å². The molecule has 0 spiro atoms. The van der Waals surface area contributed by atoms with Crippen LogP contribution in [0.1, 0.15) is 29.5 Å². The Morgan fingerprint density at radius 1 is 1.15 bits per heavy atom. The van der Waals surface area contributed by atoms with Crippen LogP contribution in [0.25, 0.3) is 0 Å². The van der Waals surface area contributed by atoms with E-state index in [2.05, 4.69) is 24.0 Å². The maximum absolute atomic E-state index is 11.0. The number of benzene rings is 2. The third-order valence-electron chi connectivity index (χ3n) is 5.31. The van der Waals surface area contributed by atoms with Crippen molar-refractivity contribution < 1.29 is 14.6 Å². The van der Waals surface area contributed by atoms with Gasteiger partial charge in [0, 0.05) is 37.5 Å². The van der Waals surface area contributed by atoms with Gasteiger partial charge >= 0.3 is 0 Å². The summed E-state index contributed by atoms with van der Waals surface area (Å²) in [7, 11) is 1.59. The fourth-order valence-electron chi connectivity index (χ4n) is 3.49. The number of methoxy groups -OCH3 is 1. The van der Waals surface area contributed by atoms with E-state index in [1.165, 1.54) is 11.8 Å². The second kappa shape index (κ2) is 8.55. The maximum Gasteiger partial charge on any atom is 0.131 e. The van der Waals surface area contributed by atoms with E-state index >= 15 is 0 Å². The lowest BCUT2D eigenvalue weighted by Gasteiger charge is -2.38. The number of nitrogens with zero attached hydrogens (tertiary/aromatic N) is 1. The highest BCUT2D eigenvalue weighted by molar-refractivity contribution is 5.81. The second-order valence-electron chi connectivity index (χ2n) is 7.14. The molecule has 0 saturated carbocycles. The van der Waals surface area contributed by atoms with Gasteiger partial charge in [-0.05, 0) is 37.5 Å². The Labute approximate surface area is 161 Å².